The Labute approximate surface area is 129 Å². The average Bonchev–Trinajstić information content (AvgIpc) is 2.45. The average molecular weight is 308 g/mol. The van der Waals surface area contributed by atoms with Crippen molar-refractivity contribution in [3.63, 3.8) is 0 Å². The molecule has 0 saturated heterocycles. The van der Waals surface area contributed by atoms with Gasteiger partial charge in [0.2, 0.25) is 0 Å². The van der Waals surface area contributed by atoms with Gasteiger partial charge in [-0.1, -0.05) is 17.7 Å². The number of carbonyl (C=O) groups excluding carboxylic acids is 3. The Kier molecular flexibility index (Phi) is 7.04. The second-order valence-electron chi connectivity index (χ2n) is 4.69. The Hall–Kier alpha value is -2.41. The van der Waals surface area contributed by atoms with Crippen LogP contribution in [0.5, 0.6) is 0 Å². The topological polar surface area (TPSA) is 93.7 Å². The molecule has 0 spiro atoms. The Morgan fingerprint density at radius 1 is 1.18 bits per heavy atom. The number of esters is 1. The maximum Gasteiger partial charge on any atom is 0.338 e. The first kappa shape index (κ1) is 17.6. The van der Waals surface area contributed by atoms with Crippen molar-refractivity contribution in [3.8, 4) is 0 Å². The molecule has 1 aromatic rings. The lowest BCUT2D eigenvalue weighted by Gasteiger charge is -2.08. The molecule has 22 heavy (non-hydrogen) atoms. The van der Waals surface area contributed by atoms with Gasteiger partial charge in [-0.2, -0.15) is 0 Å². The summed E-state index contributed by atoms with van der Waals surface area (Å²) in [6.45, 7) is 3.79. The molecule has 0 fully saturated rings. The second-order valence-corrected chi connectivity index (χ2v) is 4.69. The zero-order chi connectivity index (χ0) is 16.5. The number of carbonyl (C=O) groups is 3. The van der Waals surface area contributed by atoms with Crippen molar-refractivity contribution in [1.82, 2.24) is 10.6 Å². The van der Waals surface area contributed by atoms with Crippen LogP contribution in [0.3, 0.4) is 0 Å². The van der Waals surface area contributed by atoms with Crippen molar-refractivity contribution in [2.75, 3.05) is 26.9 Å². The highest BCUT2D eigenvalue weighted by Crippen LogP contribution is 2.11. The monoisotopic (exact) mass is 308 g/mol. The van der Waals surface area contributed by atoms with Crippen LogP contribution in [-0.4, -0.2) is 44.8 Å². The van der Waals surface area contributed by atoms with E-state index in [1.165, 1.54) is 7.11 Å². The van der Waals surface area contributed by atoms with E-state index in [0.29, 0.717) is 12.2 Å². The van der Waals surface area contributed by atoms with Crippen LogP contribution >= 0.6 is 0 Å². The Bertz CT molecular complexity index is 557. The van der Waals surface area contributed by atoms with Crippen molar-refractivity contribution in [2.45, 2.75) is 13.8 Å². The zero-order valence-electron chi connectivity index (χ0n) is 12.9. The first-order chi connectivity index (χ1) is 10.4. The van der Waals surface area contributed by atoms with Crippen molar-refractivity contribution >= 4 is 17.9 Å². The van der Waals surface area contributed by atoms with E-state index >= 15 is 0 Å². The van der Waals surface area contributed by atoms with Gasteiger partial charge in [-0.05, 0) is 25.5 Å². The quantitative estimate of drug-likeness (QED) is 0.602. The Morgan fingerprint density at radius 3 is 2.55 bits per heavy atom. The van der Waals surface area contributed by atoms with Crippen molar-refractivity contribution in [1.29, 1.82) is 0 Å². The smallest absolute Gasteiger partial charge is 0.338 e. The summed E-state index contributed by atoms with van der Waals surface area (Å²) >= 11 is 0. The molecule has 1 aromatic carbocycles. The molecule has 0 saturated carbocycles. The lowest BCUT2D eigenvalue weighted by atomic mass is 10.1. The summed E-state index contributed by atoms with van der Waals surface area (Å²) in [5.74, 6) is -1.31. The van der Waals surface area contributed by atoms with Crippen LogP contribution in [0.15, 0.2) is 18.2 Å². The molecule has 7 nitrogen and oxygen atoms in total. The fourth-order valence-electron chi connectivity index (χ4n) is 1.72. The van der Waals surface area contributed by atoms with Crippen molar-refractivity contribution < 1.29 is 23.9 Å². The van der Waals surface area contributed by atoms with E-state index in [0.717, 1.165) is 11.1 Å². The molecule has 0 aliphatic heterocycles. The van der Waals surface area contributed by atoms with Crippen LogP contribution in [0.25, 0.3) is 0 Å². The van der Waals surface area contributed by atoms with Gasteiger partial charge in [0.25, 0.3) is 5.91 Å². The Morgan fingerprint density at radius 2 is 1.91 bits per heavy atom. The summed E-state index contributed by atoms with van der Waals surface area (Å²) in [5.41, 5.74) is 2.19. The Balaban J connectivity index is 2.40. The molecule has 2 N–H and O–H groups in total. The SMILES string of the molecule is COCCNC(=O)NC(=O)COC(=O)c1ccc(C)cc1C. The van der Waals surface area contributed by atoms with Crippen LogP contribution in [0.1, 0.15) is 21.5 Å². The number of amides is 3. The van der Waals surface area contributed by atoms with E-state index in [1.54, 1.807) is 19.1 Å². The number of urea groups is 1. The summed E-state index contributed by atoms with van der Waals surface area (Å²) in [6.07, 6.45) is 0. The molecule has 0 radical (unpaired) electrons. The maximum absolute atomic E-state index is 11.9. The third-order valence-electron chi connectivity index (χ3n) is 2.78. The molecule has 0 atom stereocenters. The number of hydrogen-bond acceptors (Lipinski definition) is 5. The lowest BCUT2D eigenvalue weighted by Crippen LogP contribution is -2.42. The molecule has 120 valence electrons. The van der Waals surface area contributed by atoms with Gasteiger partial charge < -0.3 is 14.8 Å². The third kappa shape index (κ3) is 5.92. The zero-order valence-corrected chi connectivity index (χ0v) is 12.9. The van der Waals surface area contributed by atoms with Gasteiger partial charge in [0.1, 0.15) is 0 Å². The number of methoxy groups -OCH3 is 1. The predicted molar refractivity (Wildman–Crippen MR) is 79.6 cm³/mol. The van der Waals surface area contributed by atoms with E-state index in [-0.39, 0.29) is 6.54 Å². The number of nitrogens with one attached hydrogen (secondary N) is 2. The van der Waals surface area contributed by atoms with E-state index in [4.69, 9.17) is 9.47 Å². The summed E-state index contributed by atoms with van der Waals surface area (Å²) in [4.78, 5) is 34.6. The standard InChI is InChI=1S/C15H20N2O5/c1-10-4-5-12(11(2)8-10)14(19)22-9-13(18)17-15(20)16-6-7-21-3/h4-5,8H,6-7,9H2,1-3H3,(H2,16,17,18,20). The summed E-state index contributed by atoms with van der Waals surface area (Å²) in [5, 5.41) is 4.46. The molecule has 0 aliphatic carbocycles. The van der Waals surface area contributed by atoms with E-state index < -0.39 is 24.5 Å². The molecule has 0 unspecified atom stereocenters. The molecule has 1 rings (SSSR count). The second kappa shape index (κ2) is 8.78. The van der Waals surface area contributed by atoms with Gasteiger partial charge in [-0.3, -0.25) is 10.1 Å². The summed E-state index contributed by atoms with van der Waals surface area (Å²) < 4.78 is 9.63. The predicted octanol–water partition coefficient (Wildman–Crippen LogP) is 0.932. The summed E-state index contributed by atoms with van der Waals surface area (Å²) in [7, 11) is 1.50. The molecule has 0 aromatic heterocycles. The minimum atomic E-state index is -0.701. The third-order valence-corrected chi connectivity index (χ3v) is 2.78. The number of hydrogen-bond donors (Lipinski definition) is 2. The number of ether oxygens (including phenoxy) is 2. The molecule has 0 aliphatic rings. The van der Waals surface area contributed by atoms with Gasteiger partial charge in [-0.25, -0.2) is 9.59 Å². The van der Waals surface area contributed by atoms with Gasteiger partial charge in [0.15, 0.2) is 6.61 Å². The van der Waals surface area contributed by atoms with Crippen LogP contribution in [0.4, 0.5) is 4.79 Å². The van der Waals surface area contributed by atoms with Crippen LogP contribution < -0.4 is 10.6 Å². The van der Waals surface area contributed by atoms with Gasteiger partial charge in [-0.15, -0.1) is 0 Å². The van der Waals surface area contributed by atoms with Crippen LogP contribution in [0, 0.1) is 13.8 Å². The van der Waals surface area contributed by atoms with Gasteiger partial charge in [0, 0.05) is 13.7 Å². The molecule has 7 heteroatoms. The lowest BCUT2D eigenvalue weighted by molar-refractivity contribution is -0.123. The van der Waals surface area contributed by atoms with Crippen LogP contribution in [-0.2, 0) is 14.3 Å². The number of rotatable bonds is 6. The first-order valence-electron chi connectivity index (χ1n) is 6.75. The minimum absolute atomic E-state index is 0.276. The molecule has 3 amide bonds. The fraction of sp³-hybridized carbons (Fsp3) is 0.400. The van der Waals surface area contributed by atoms with Crippen LogP contribution in [0.2, 0.25) is 0 Å². The first-order valence-corrected chi connectivity index (χ1v) is 6.75. The number of aryl methyl sites for hydroxylation is 2. The van der Waals surface area contributed by atoms with E-state index in [1.807, 2.05) is 18.3 Å². The van der Waals surface area contributed by atoms with Gasteiger partial charge >= 0.3 is 12.0 Å². The summed E-state index contributed by atoms with van der Waals surface area (Å²) in [6, 6.07) is 4.61. The van der Waals surface area contributed by atoms with Crippen molar-refractivity contribution in [2.24, 2.45) is 0 Å². The highest BCUT2D eigenvalue weighted by atomic mass is 16.5. The maximum atomic E-state index is 11.9. The van der Waals surface area contributed by atoms with Crippen molar-refractivity contribution in [3.05, 3.63) is 34.9 Å². The largest absolute Gasteiger partial charge is 0.452 e. The highest BCUT2D eigenvalue weighted by Gasteiger charge is 2.14. The number of imide groups is 1. The molecule has 0 heterocycles. The molecular formula is C15H20N2O5. The molecular weight excluding hydrogens is 288 g/mol. The van der Waals surface area contributed by atoms with E-state index in [2.05, 4.69) is 5.32 Å². The minimum Gasteiger partial charge on any atom is -0.452 e. The highest BCUT2D eigenvalue weighted by molar-refractivity contribution is 5.97. The fourth-order valence-corrected chi connectivity index (χ4v) is 1.72. The molecule has 0 bridgehead atoms. The van der Waals surface area contributed by atoms with Gasteiger partial charge in [0.05, 0.1) is 12.2 Å². The number of benzene rings is 1. The normalized spacial score (nSPS) is 9.95. The van der Waals surface area contributed by atoms with E-state index in [9.17, 15) is 14.4 Å².